The fourth-order valence-corrected chi connectivity index (χ4v) is 2.14. The number of nitrogens with zero attached hydrogens (tertiary/aromatic N) is 1. The SMILES string of the molecule is CC(C)CC(=O)NCCCCCCNC(=O)C[n+]1cc[nH]c1.CCC.CCl. The highest BCUT2D eigenvalue weighted by molar-refractivity contribution is 6.15. The Morgan fingerprint density at radius 1 is 1.00 bits per heavy atom. The van der Waals surface area contributed by atoms with Crippen LogP contribution in [0.2, 0.25) is 0 Å². The molecule has 1 aromatic rings. The summed E-state index contributed by atoms with van der Waals surface area (Å²) in [5, 5.41) is 5.84. The van der Waals surface area contributed by atoms with E-state index < -0.39 is 0 Å². The monoisotopic (exact) mass is 403 g/mol. The summed E-state index contributed by atoms with van der Waals surface area (Å²) >= 11 is 4.64. The fraction of sp³-hybridized carbons (Fsp3) is 0.750. The summed E-state index contributed by atoms with van der Waals surface area (Å²) in [6.45, 7) is 10.2. The van der Waals surface area contributed by atoms with Crippen LogP contribution in [0.1, 0.15) is 66.2 Å². The topological polar surface area (TPSA) is 77.9 Å². The molecule has 0 aliphatic carbocycles. The average molecular weight is 404 g/mol. The number of hydrogen-bond acceptors (Lipinski definition) is 2. The highest BCUT2D eigenvalue weighted by Gasteiger charge is 2.05. The number of nitrogens with one attached hydrogen (secondary N) is 3. The van der Waals surface area contributed by atoms with E-state index in [-0.39, 0.29) is 11.8 Å². The predicted octanol–water partition coefficient (Wildman–Crippen LogP) is 3.41. The molecule has 2 amide bonds. The van der Waals surface area contributed by atoms with Crippen LogP contribution in [0.5, 0.6) is 0 Å². The first-order valence-corrected chi connectivity index (χ1v) is 10.7. The van der Waals surface area contributed by atoms with Crippen molar-refractivity contribution >= 4 is 23.4 Å². The molecule has 1 aromatic heterocycles. The zero-order chi connectivity index (χ0) is 20.9. The van der Waals surface area contributed by atoms with E-state index in [9.17, 15) is 9.59 Å². The molecule has 6 nitrogen and oxygen atoms in total. The molecule has 0 fully saturated rings. The number of amides is 2. The van der Waals surface area contributed by atoms with Gasteiger partial charge < -0.3 is 10.6 Å². The van der Waals surface area contributed by atoms with Crippen molar-refractivity contribution in [2.75, 3.05) is 19.5 Å². The molecular weight excluding hydrogens is 364 g/mol. The third-order valence-corrected chi connectivity index (χ3v) is 3.27. The van der Waals surface area contributed by atoms with Gasteiger partial charge in [-0.15, -0.1) is 11.6 Å². The van der Waals surface area contributed by atoms with Crippen LogP contribution in [0.25, 0.3) is 0 Å². The number of rotatable bonds is 11. The van der Waals surface area contributed by atoms with Crippen LogP contribution in [-0.4, -0.2) is 36.3 Å². The summed E-state index contributed by atoms with van der Waals surface area (Å²) in [5.74, 6) is 0.586. The van der Waals surface area contributed by atoms with Crippen molar-refractivity contribution in [3.8, 4) is 0 Å². The number of unbranched alkanes of at least 4 members (excludes halogenated alkanes) is 3. The molecule has 7 heteroatoms. The number of aromatic nitrogens is 2. The van der Waals surface area contributed by atoms with Gasteiger partial charge in [-0.2, -0.15) is 0 Å². The van der Waals surface area contributed by atoms with Crippen LogP contribution in [0.3, 0.4) is 0 Å². The summed E-state index contributed by atoms with van der Waals surface area (Å²) in [5.41, 5.74) is 0. The van der Waals surface area contributed by atoms with E-state index in [0.717, 1.165) is 32.2 Å². The van der Waals surface area contributed by atoms with E-state index in [4.69, 9.17) is 0 Å². The molecule has 0 unspecified atom stereocenters. The van der Waals surface area contributed by atoms with Gasteiger partial charge in [0.2, 0.25) is 12.2 Å². The van der Waals surface area contributed by atoms with Crippen LogP contribution >= 0.6 is 11.6 Å². The Kier molecular flexibility index (Phi) is 21.3. The summed E-state index contributed by atoms with van der Waals surface area (Å²) < 4.78 is 1.80. The Bertz CT molecular complexity index is 451. The Morgan fingerprint density at radius 3 is 1.96 bits per heavy atom. The van der Waals surface area contributed by atoms with Gasteiger partial charge >= 0.3 is 0 Å². The van der Waals surface area contributed by atoms with Crippen molar-refractivity contribution in [1.29, 1.82) is 0 Å². The number of carbonyl (C=O) groups is 2. The third-order valence-electron chi connectivity index (χ3n) is 3.27. The number of H-pyrrole nitrogens is 1. The van der Waals surface area contributed by atoms with Gasteiger partial charge in [-0.1, -0.05) is 47.0 Å². The average Bonchev–Trinajstić information content (AvgIpc) is 3.12. The number of halogens is 1. The molecular formula is C20H40ClN4O2+. The molecule has 0 aromatic carbocycles. The van der Waals surface area contributed by atoms with Crippen molar-refractivity contribution in [3.63, 3.8) is 0 Å². The molecule has 0 aliphatic heterocycles. The maximum absolute atomic E-state index is 11.6. The van der Waals surface area contributed by atoms with Gasteiger partial charge in [-0.25, -0.2) is 4.57 Å². The molecule has 3 N–H and O–H groups in total. The number of carbonyl (C=O) groups excluding carboxylic acids is 2. The van der Waals surface area contributed by atoms with Gasteiger partial charge in [0.1, 0.15) is 12.4 Å². The highest BCUT2D eigenvalue weighted by atomic mass is 35.5. The van der Waals surface area contributed by atoms with E-state index in [1.165, 1.54) is 12.8 Å². The lowest BCUT2D eigenvalue weighted by molar-refractivity contribution is -0.683. The van der Waals surface area contributed by atoms with Crippen LogP contribution < -0.4 is 15.2 Å². The quantitative estimate of drug-likeness (QED) is 0.301. The lowest BCUT2D eigenvalue weighted by atomic mass is 10.1. The van der Waals surface area contributed by atoms with Crippen molar-refractivity contribution in [2.45, 2.75) is 72.8 Å². The lowest BCUT2D eigenvalue weighted by Gasteiger charge is -2.07. The summed E-state index contributed by atoms with van der Waals surface area (Å²) in [7, 11) is 0. The zero-order valence-corrected chi connectivity index (χ0v) is 18.6. The first kappa shape index (κ1) is 27.7. The van der Waals surface area contributed by atoms with Gasteiger partial charge in [-0.3, -0.25) is 14.6 Å². The Labute approximate surface area is 170 Å². The predicted molar refractivity (Wildman–Crippen MR) is 113 cm³/mol. The van der Waals surface area contributed by atoms with Crippen LogP contribution in [-0.2, 0) is 16.1 Å². The zero-order valence-electron chi connectivity index (χ0n) is 17.8. The van der Waals surface area contributed by atoms with Gasteiger partial charge in [0.05, 0.1) is 0 Å². The van der Waals surface area contributed by atoms with Crippen molar-refractivity contribution < 1.29 is 14.2 Å². The second kappa shape index (κ2) is 20.7. The van der Waals surface area contributed by atoms with Crippen molar-refractivity contribution in [1.82, 2.24) is 15.6 Å². The summed E-state index contributed by atoms with van der Waals surface area (Å²) in [4.78, 5) is 25.9. The maximum atomic E-state index is 11.6. The van der Waals surface area contributed by atoms with Crippen molar-refractivity contribution in [2.24, 2.45) is 5.92 Å². The number of alkyl halides is 1. The fourth-order valence-electron chi connectivity index (χ4n) is 2.14. The lowest BCUT2D eigenvalue weighted by Crippen LogP contribution is -2.41. The van der Waals surface area contributed by atoms with Gasteiger partial charge in [-0.05, 0) is 18.8 Å². The van der Waals surface area contributed by atoms with Gasteiger partial charge in [0, 0.05) is 25.9 Å². The second-order valence-corrected chi connectivity index (χ2v) is 6.70. The first-order chi connectivity index (χ1) is 13.0. The molecule has 0 saturated carbocycles. The first-order valence-electron chi connectivity index (χ1n) is 9.92. The molecule has 0 saturated heterocycles. The summed E-state index contributed by atoms with van der Waals surface area (Å²) in [6.07, 6.45) is 12.8. The number of imidazole rings is 1. The molecule has 0 spiro atoms. The second-order valence-electron chi connectivity index (χ2n) is 6.70. The standard InChI is InChI=1S/C16H28N4O2.C3H8.CH3Cl/c1-14(2)11-15(21)18-7-5-3-4-6-8-19-16(22)12-20-10-9-17-13-20;1-3-2;1-2/h9-10,13-14H,3-8,11-12H2,1-2H3,(H2,18,19,21,22);3H2,1-2H3;1H3/p+1. The van der Waals surface area contributed by atoms with Gasteiger partial charge in [0.25, 0.3) is 5.91 Å². The minimum Gasteiger partial charge on any atom is -0.356 e. The molecule has 0 atom stereocenters. The normalized spacial score (nSPS) is 9.59. The third kappa shape index (κ3) is 20.6. The summed E-state index contributed by atoms with van der Waals surface area (Å²) in [6, 6.07) is 0. The molecule has 27 heavy (non-hydrogen) atoms. The van der Waals surface area contributed by atoms with E-state index in [2.05, 4.69) is 41.1 Å². The van der Waals surface area contributed by atoms with E-state index in [0.29, 0.717) is 25.4 Å². The Balaban J connectivity index is 0. The molecule has 158 valence electrons. The molecule has 1 heterocycles. The van der Waals surface area contributed by atoms with Crippen LogP contribution in [0.15, 0.2) is 18.7 Å². The van der Waals surface area contributed by atoms with E-state index in [1.807, 2.05) is 20.0 Å². The Morgan fingerprint density at radius 2 is 1.52 bits per heavy atom. The minimum absolute atomic E-state index is 0.0329. The van der Waals surface area contributed by atoms with E-state index >= 15 is 0 Å². The Hall–Kier alpha value is -1.56. The van der Waals surface area contributed by atoms with Crippen molar-refractivity contribution in [3.05, 3.63) is 18.7 Å². The van der Waals surface area contributed by atoms with E-state index in [1.54, 1.807) is 17.1 Å². The van der Waals surface area contributed by atoms with Crippen LogP contribution in [0, 0.1) is 5.92 Å². The molecule has 0 radical (unpaired) electrons. The smallest absolute Gasteiger partial charge is 0.262 e. The maximum Gasteiger partial charge on any atom is 0.262 e. The molecule has 0 bridgehead atoms. The number of aromatic amines is 1. The van der Waals surface area contributed by atoms with Crippen LogP contribution in [0.4, 0.5) is 0 Å². The largest absolute Gasteiger partial charge is 0.356 e. The molecule has 0 aliphatic rings. The molecule has 1 rings (SSSR count). The minimum atomic E-state index is 0.0329. The highest BCUT2D eigenvalue weighted by Crippen LogP contribution is 2.00. The van der Waals surface area contributed by atoms with Gasteiger partial charge in [0.15, 0.2) is 6.54 Å². The number of hydrogen-bond donors (Lipinski definition) is 3.